The van der Waals surface area contributed by atoms with E-state index in [-0.39, 0.29) is 11.8 Å². The molecule has 110 valence electrons. The van der Waals surface area contributed by atoms with E-state index in [9.17, 15) is 4.79 Å². The van der Waals surface area contributed by atoms with Crippen LogP contribution < -0.4 is 15.4 Å². The number of aromatic nitrogens is 1. The van der Waals surface area contributed by atoms with Gasteiger partial charge in [-0.3, -0.25) is 4.79 Å². The van der Waals surface area contributed by atoms with Gasteiger partial charge in [0, 0.05) is 29.4 Å². The van der Waals surface area contributed by atoms with Gasteiger partial charge in [-0.15, -0.1) is 0 Å². The Labute approximate surface area is 134 Å². The zero-order valence-electron chi connectivity index (χ0n) is 11.6. The van der Waals surface area contributed by atoms with E-state index in [0.717, 1.165) is 25.8 Å². The van der Waals surface area contributed by atoms with Gasteiger partial charge in [-0.05, 0) is 18.2 Å². The number of hydrogen-bond acceptors (Lipinski definition) is 5. The first-order chi connectivity index (χ1) is 10.1. The number of benzene rings is 1. The molecule has 0 aliphatic carbocycles. The monoisotopic (exact) mass is 367 g/mol. The molecule has 0 radical (unpaired) electrons. The molecule has 5 nitrogen and oxygen atoms in total. The van der Waals surface area contributed by atoms with E-state index in [4.69, 9.17) is 4.74 Å². The quantitative estimate of drug-likeness (QED) is 0.872. The van der Waals surface area contributed by atoms with Crippen LogP contribution in [-0.4, -0.2) is 25.0 Å². The number of fused-ring (bicyclic) bond motifs is 1. The maximum Gasteiger partial charge on any atom is 0.226 e. The molecular formula is C14H14BrN3O2S. The summed E-state index contributed by atoms with van der Waals surface area (Å²) in [4.78, 5) is 17.4. The van der Waals surface area contributed by atoms with Crippen molar-refractivity contribution in [3.8, 4) is 5.75 Å². The van der Waals surface area contributed by atoms with Crippen LogP contribution in [0.3, 0.4) is 0 Å². The molecule has 0 spiro atoms. The van der Waals surface area contributed by atoms with Crippen LogP contribution in [0.15, 0.2) is 22.7 Å². The number of rotatable bonds is 3. The molecule has 0 unspecified atom stereocenters. The number of carbonyl (C=O) groups excluding carboxylic acids is 1. The van der Waals surface area contributed by atoms with Crippen LogP contribution in [0.1, 0.15) is 22.8 Å². The van der Waals surface area contributed by atoms with E-state index in [1.165, 1.54) is 0 Å². The highest BCUT2D eigenvalue weighted by atomic mass is 79.9. The molecule has 0 bridgehead atoms. The van der Waals surface area contributed by atoms with Gasteiger partial charge in [-0.1, -0.05) is 27.3 Å². The lowest BCUT2D eigenvalue weighted by Crippen LogP contribution is -2.22. The van der Waals surface area contributed by atoms with Gasteiger partial charge in [0.2, 0.25) is 5.91 Å². The minimum absolute atomic E-state index is 0.0255. The Balaban J connectivity index is 2.13. The second kappa shape index (κ2) is 5.65. The first-order valence-corrected chi connectivity index (χ1v) is 8.05. The second-order valence-corrected chi connectivity index (χ2v) is 6.62. The molecule has 1 aromatic carbocycles. The van der Waals surface area contributed by atoms with E-state index in [1.54, 1.807) is 18.4 Å². The molecule has 7 heteroatoms. The molecule has 1 atom stereocenters. The van der Waals surface area contributed by atoms with E-state index in [2.05, 4.69) is 31.5 Å². The molecule has 0 saturated heterocycles. The summed E-state index contributed by atoms with van der Waals surface area (Å²) in [7, 11) is 3.46. The summed E-state index contributed by atoms with van der Waals surface area (Å²) in [5.41, 5.74) is 0.995. The van der Waals surface area contributed by atoms with Crippen LogP contribution in [0, 0.1) is 0 Å². The molecule has 21 heavy (non-hydrogen) atoms. The predicted molar refractivity (Wildman–Crippen MR) is 87.4 cm³/mol. The molecule has 2 N–H and O–H groups in total. The largest absolute Gasteiger partial charge is 0.496 e. The first kappa shape index (κ1) is 14.3. The molecule has 0 saturated carbocycles. The molecule has 1 aliphatic rings. The van der Waals surface area contributed by atoms with Crippen molar-refractivity contribution in [3.63, 3.8) is 0 Å². The SMILES string of the molecule is CNc1nc2c(s1)[C@@H](c1cc(Br)ccc1OC)CC(=O)N2. The van der Waals surface area contributed by atoms with Crippen molar-refractivity contribution in [1.29, 1.82) is 0 Å². The van der Waals surface area contributed by atoms with Gasteiger partial charge in [0.1, 0.15) is 11.6 Å². The van der Waals surface area contributed by atoms with Gasteiger partial charge in [0.25, 0.3) is 0 Å². The molecule has 1 amide bonds. The molecule has 3 rings (SSSR count). The number of nitrogens with zero attached hydrogens (tertiary/aromatic N) is 1. The number of nitrogens with one attached hydrogen (secondary N) is 2. The predicted octanol–water partition coefficient (Wildman–Crippen LogP) is 3.43. The summed E-state index contributed by atoms with van der Waals surface area (Å²) in [5, 5.41) is 6.65. The molecule has 0 fully saturated rings. The van der Waals surface area contributed by atoms with E-state index < -0.39 is 0 Å². The maximum atomic E-state index is 12.0. The Morgan fingerprint density at radius 3 is 3.05 bits per heavy atom. The van der Waals surface area contributed by atoms with E-state index in [0.29, 0.717) is 12.2 Å². The van der Waals surface area contributed by atoms with E-state index in [1.807, 2.05) is 25.2 Å². The van der Waals surface area contributed by atoms with Crippen molar-refractivity contribution in [1.82, 2.24) is 4.98 Å². The van der Waals surface area contributed by atoms with Crippen LogP contribution >= 0.6 is 27.3 Å². The lowest BCUT2D eigenvalue weighted by molar-refractivity contribution is -0.116. The van der Waals surface area contributed by atoms with Gasteiger partial charge in [-0.2, -0.15) is 0 Å². The number of thiazole rings is 1. The fourth-order valence-electron chi connectivity index (χ4n) is 2.45. The van der Waals surface area contributed by atoms with Crippen molar-refractivity contribution in [2.24, 2.45) is 0 Å². The van der Waals surface area contributed by atoms with Gasteiger partial charge in [-0.25, -0.2) is 4.98 Å². The zero-order valence-corrected chi connectivity index (χ0v) is 14.0. The minimum Gasteiger partial charge on any atom is -0.496 e. The van der Waals surface area contributed by atoms with Crippen molar-refractivity contribution >= 4 is 44.1 Å². The van der Waals surface area contributed by atoms with Crippen LogP contribution in [0.5, 0.6) is 5.75 Å². The molecule has 2 heterocycles. The number of halogens is 1. The van der Waals surface area contributed by atoms with Crippen molar-refractivity contribution in [2.45, 2.75) is 12.3 Å². The summed E-state index contributed by atoms with van der Waals surface area (Å²) in [6.07, 6.45) is 0.394. The fourth-order valence-corrected chi connectivity index (χ4v) is 3.83. The normalized spacial score (nSPS) is 17.1. The van der Waals surface area contributed by atoms with Crippen LogP contribution in [0.4, 0.5) is 10.9 Å². The highest BCUT2D eigenvalue weighted by Gasteiger charge is 2.32. The topological polar surface area (TPSA) is 63.3 Å². The molecule has 1 aromatic heterocycles. The van der Waals surface area contributed by atoms with Crippen molar-refractivity contribution < 1.29 is 9.53 Å². The minimum atomic E-state index is -0.0409. The van der Waals surface area contributed by atoms with Crippen LogP contribution in [-0.2, 0) is 4.79 Å². The van der Waals surface area contributed by atoms with Crippen LogP contribution in [0.2, 0.25) is 0 Å². The summed E-state index contributed by atoms with van der Waals surface area (Å²) < 4.78 is 6.42. The first-order valence-electron chi connectivity index (χ1n) is 6.44. The van der Waals surface area contributed by atoms with E-state index >= 15 is 0 Å². The Morgan fingerprint density at radius 1 is 1.52 bits per heavy atom. The number of hydrogen-bond donors (Lipinski definition) is 2. The number of carbonyl (C=O) groups is 1. The average Bonchev–Trinajstić information content (AvgIpc) is 2.89. The number of anilines is 2. The summed E-state index contributed by atoms with van der Waals surface area (Å²) in [6, 6.07) is 5.84. The summed E-state index contributed by atoms with van der Waals surface area (Å²) in [6.45, 7) is 0. The summed E-state index contributed by atoms with van der Waals surface area (Å²) in [5.74, 6) is 1.36. The Kier molecular flexibility index (Phi) is 3.86. The van der Waals surface area contributed by atoms with Crippen molar-refractivity contribution in [2.75, 3.05) is 24.8 Å². The van der Waals surface area contributed by atoms with Gasteiger partial charge >= 0.3 is 0 Å². The third-order valence-electron chi connectivity index (χ3n) is 3.40. The molecular weight excluding hydrogens is 354 g/mol. The van der Waals surface area contributed by atoms with Crippen LogP contribution in [0.25, 0.3) is 0 Å². The standard InChI is InChI=1S/C14H14BrN3O2S/c1-16-14-18-13-12(21-14)9(6-11(19)17-13)8-5-7(15)3-4-10(8)20-2/h3-5,9H,6H2,1-2H3,(H,16,18)(H,17,19)/t9-/m1/s1. The second-order valence-electron chi connectivity index (χ2n) is 4.67. The maximum absolute atomic E-state index is 12.0. The molecule has 2 aromatic rings. The van der Waals surface area contributed by atoms with Gasteiger partial charge in [0.05, 0.1) is 12.0 Å². The van der Waals surface area contributed by atoms with Gasteiger partial charge < -0.3 is 15.4 Å². The summed E-state index contributed by atoms with van der Waals surface area (Å²) >= 11 is 5.04. The number of methoxy groups -OCH3 is 1. The molecule has 1 aliphatic heterocycles. The third kappa shape index (κ3) is 2.63. The highest BCUT2D eigenvalue weighted by molar-refractivity contribution is 9.10. The third-order valence-corrected chi connectivity index (χ3v) is 5.08. The lowest BCUT2D eigenvalue weighted by atomic mass is 9.91. The van der Waals surface area contributed by atoms with Crippen molar-refractivity contribution in [3.05, 3.63) is 33.1 Å². The average molecular weight is 368 g/mol. The van der Waals surface area contributed by atoms with Gasteiger partial charge in [0.15, 0.2) is 5.13 Å². The fraction of sp³-hybridized carbons (Fsp3) is 0.286. The smallest absolute Gasteiger partial charge is 0.226 e. The Hall–Kier alpha value is -1.60. The lowest BCUT2D eigenvalue weighted by Gasteiger charge is -2.23. The Morgan fingerprint density at radius 2 is 2.33 bits per heavy atom. The highest BCUT2D eigenvalue weighted by Crippen LogP contribution is 2.45. The number of amides is 1. The Bertz CT molecular complexity index is 702. The zero-order chi connectivity index (χ0) is 15.0. The number of ether oxygens (including phenoxy) is 1.